The van der Waals surface area contributed by atoms with Gasteiger partial charge in [-0.3, -0.25) is 4.57 Å². The molecular weight excluding hydrogens is 294 g/mol. The first-order valence-electron chi connectivity index (χ1n) is 5.86. The quantitative estimate of drug-likeness (QED) is 0.744. The molecule has 1 aromatic carbocycles. The normalized spacial score (nSPS) is 10.7. The fraction of sp³-hybridized carbons (Fsp3) is 0.0769. The highest BCUT2D eigenvalue weighted by Crippen LogP contribution is 2.28. The van der Waals surface area contributed by atoms with Crippen molar-refractivity contribution in [2.24, 2.45) is 0 Å². The van der Waals surface area contributed by atoms with Crippen molar-refractivity contribution < 1.29 is 0 Å². The molecule has 0 saturated carbocycles. The van der Waals surface area contributed by atoms with E-state index >= 15 is 0 Å². The highest BCUT2D eigenvalue weighted by Gasteiger charge is 2.09. The van der Waals surface area contributed by atoms with E-state index in [1.54, 1.807) is 23.3 Å². The molecule has 5 nitrogen and oxygen atoms in total. The molecule has 20 heavy (non-hydrogen) atoms. The van der Waals surface area contributed by atoms with Crippen molar-refractivity contribution in [1.29, 1.82) is 0 Å². The Morgan fingerprint density at radius 2 is 2.00 bits per heavy atom. The summed E-state index contributed by atoms with van der Waals surface area (Å²) >= 11 is 7.42. The predicted molar refractivity (Wildman–Crippen MR) is 77.3 cm³/mol. The minimum absolute atomic E-state index is 0.166. The lowest BCUT2D eigenvalue weighted by atomic mass is 10.2. The Kier molecular flexibility index (Phi) is 3.66. The third-order valence-corrected chi connectivity index (χ3v) is 3.82. The Hall–Kier alpha value is -1.92. The Morgan fingerprint density at radius 1 is 1.15 bits per heavy atom. The molecule has 2 aromatic heterocycles. The van der Waals surface area contributed by atoms with Crippen molar-refractivity contribution in [3.63, 3.8) is 0 Å². The van der Waals surface area contributed by atoms with Crippen molar-refractivity contribution in [1.82, 2.24) is 24.5 Å². The van der Waals surface area contributed by atoms with Crippen LogP contribution in [-0.4, -0.2) is 24.5 Å². The number of hydrogen-bond acceptors (Lipinski definition) is 5. The second-order valence-corrected chi connectivity index (χ2v) is 5.37. The molecule has 0 aliphatic carbocycles. The van der Waals surface area contributed by atoms with Crippen LogP contribution in [0.4, 0.5) is 0 Å². The van der Waals surface area contributed by atoms with Crippen LogP contribution < -0.4 is 0 Å². The van der Waals surface area contributed by atoms with Gasteiger partial charge >= 0.3 is 0 Å². The van der Waals surface area contributed by atoms with Gasteiger partial charge in [-0.1, -0.05) is 18.2 Å². The summed E-state index contributed by atoms with van der Waals surface area (Å²) in [6.07, 6.45) is 5.04. The zero-order valence-corrected chi connectivity index (χ0v) is 12.1. The van der Waals surface area contributed by atoms with Crippen molar-refractivity contribution in [2.75, 3.05) is 0 Å². The van der Waals surface area contributed by atoms with Gasteiger partial charge in [-0.25, -0.2) is 4.98 Å². The number of rotatable bonds is 3. The molecule has 0 bridgehead atoms. The number of hydrogen-bond donors (Lipinski definition) is 0. The molecule has 3 rings (SSSR count). The van der Waals surface area contributed by atoms with Crippen molar-refractivity contribution in [3.8, 4) is 5.95 Å². The predicted octanol–water partition coefficient (Wildman–Crippen LogP) is 3.17. The Balaban J connectivity index is 1.97. The van der Waals surface area contributed by atoms with Crippen LogP contribution in [-0.2, 0) is 0 Å². The Labute approximate surface area is 125 Å². The molecule has 0 atom stereocenters. The van der Waals surface area contributed by atoms with Gasteiger partial charge < -0.3 is 0 Å². The van der Waals surface area contributed by atoms with E-state index in [2.05, 4.69) is 19.9 Å². The summed E-state index contributed by atoms with van der Waals surface area (Å²) in [5.41, 5.74) is 1.17. The monoisotopic (exact) mass is 303 g/mol. The van der Waals surface area contributed by atoms with Gasteiger partial charge in [-0.05, 0) is 41.9 Å². The Morgan fingerprint density at radius 3 is 2.75 bits per heavy atom. The van der Waals surface area contributed by atoms with Crippen LogP contribution in [0.3, 0.4) is 0 Å². The van der Waals surface area contributed by atoms with Gasteiger partial charge in [0.05, 0.1) is 0 Å². The summed E-state index contributed by atoms with van der Waals surface area (Å²) in [5.74, 6) is 0.457. The van der Waals surface area contributed by atoms with Crippen LogP contribution in [0.2, 0.25) is 5.28 Å². The topological polar surface area (TPSA) is 56.5 Å². The van der Waals surface area contributed by atoms with Gasteiger partial charge in [0.2, 0.25) is 11.2 Å². The summed E-state index contributed by atoms with van der Waals surface area (Å²) in [6.45, 7) is 2.04. The summed E-state index contributed by atoms with van der Waals surface area (Å²) in [4.78, 5) is 17.7. The van der Waals surface area contributed by atoms with E-state index in [0.29, 0.717) is 11.1 Å². The molecule has 0 fully saturated rings. The molecule has 100 valence electrons. The fourth-order valence-electron chi connectivity index (χ4n) is 1.63. The molecule has 0 radical (unpaired) electrons. The van der Waals surface area contributed by atoms with Crippen LogP contribution in [0.25, 0.3) is 5.95 Å². The third-order valence-electron chi connectivity index (χ3n) is 2.61. The maximum absolute atomic E-state index is 5.96. The molecule has 0 aliphatic heterocycles. The zero-order valence-electron chi connectivity index (χ0n) is 10.6. The van der Waals surface area contributed by atoms with Gasteiger partial charge in [-0.15, -0.1) is 0 Å². The van der Waals surface area contributed by atoms with Crippen molar-refractivity contribution in [3.05, 3.63) is 53.8 Å². The maximum Gasteiger partial charge on any atom is 0.240 e. The van der Waals surface area contributed by atoms with Crippen LogP contribution >= 0.6 is 23.4 Å². The van der Waals surface area contributed by atoms with Crippen LogP contribution in [0.1, 0.15) is 5.56 Å². The van der Waals surface area contributed by atoms with E-state index in [0.717, 1.165) is 4.90 Å². The van der Waals surface area contributed by atoms with E-state index in [-0.39, 0.29) is 5.28 Å². The van der Waals surface area contributed by atoms with Crippen LogP contribution in [0.15, 0.2) is 53.0 Å². The molecule has 0 amide bonds. The van der Waals surface area contributed by atoms with E-state index < -0.39 is 0 Å². The lowest BCUT2D eigenvalue weighted by molar-refractivity contribution is 0.823. The van der Waals surface area contributed by atoms with Crippen LogP contribution in [0.5, 0.6) is 0 Å². The van der Waals surface area contributed by atoms with Crippen LogP contribution in [0, 0.1) is 6.92 Å². The van der Waals surface area contributed by atoms with Gasteiger partial charge in [0.25, 0.3) is 0 Å². The van der Waals surface area contributed by atoms with E-state index in [9.17, 15) is 0 Å². The van der Waals surface area contributed by atoms with Gasteiger partial charge in [0.1, 0.15) is 6.33 Å². The molecule has 7 heteroatoms. The number of aromatic nitrogens is 5. The number of imidazole rings is 1. The average molecular weight is 304 g/mol. The maximum atomic E-state index is 5.96. The molecule has 0 aliphatic rings. The summed E-state index contributed by atoms with van der Waals surface area (Å²) in [6, 6.07) is 8.04. The molecule has 0 spiro atoms. The van der Waals surface area contributed by atoms with Crippen molar-refractivity contribution >= 4 is 23.4 Å². The van der Waals surface area contributed by atoms with E-state index in [4.69, 9.17) is 11.6 Å². The zero-order chi connectivity index (χ0) is 13.9. The molecule has 0 saturated heterocycles. The van der Waals surface area contributed by atoms with Crippen molar-refractivity contribution in [2.45, 2.75) is 17.0 Å². The molecule has 0 N–H and O–H groups in total. The summed E-state index contributed by atoms with van der Waals surface area (Å²) in [7, 11) is 0. The lowest BCUT2D eigenvalue weighted by Gasteiger charge is -2.06. The number of benzene rings is 1. The first-order chi connectivity index (χ1) is 9.72. The molecular formula is C13H10ClN5S. The number of nitrogens with zero attached hydrogens (tertiary/aromatic N) is 5. The van der Waals surface area contributed by atoms with E-state index in [1.165, 1.54) is 17.3 Å². The second-order valence-electron chi connectivity index (χ2n) is 4.02. The molecule has 3 aromatic rings. The Bertz CT molecular complexity index is 729. The highest BCUT2D eigenvalue weighted by molar-refractivity contribution is 7.99. The van der Waals surface area contributed by atoms with Gasteiger partial charge in [0.15, 0.2) is 5.16 Å². The standard InChI is InChI=1S/C13H10ClN5S/c1-9-4-2-3-5-10(9)20-13-17-11(14)16-12(18-13)19-7-6-15-8-19/h2-8H,1H3. The van der Waals surface area contributed by atoms with Gasteiger partial charge in [0, 0.05) is 17.3 Å². The first kappa shape index (κ1) is 13.1. The lowest BCUT2D eigenvalue weighted by Crippen LogP contribution is -2.02. The second kappa shape index (κ2) is 5.60. The number of aryl methyl sites for hydroxylation is 1. The smallest absolute Gasteiger partial charge is 0.240 e. The highest BCUT2D eigenvalue weighted by atomic mass is 35.5. The first-order valence-corrected chi connectivity index (χ1v) is 7.05. The average Bonchev–Trinajstić information content (AvgIpc) is 2.95. The largest absolute Gasteiger partial charge is 0.274 e. The van der Waals surface area contributed by atoms with E-state index in [1.807, 2.05) is 31.2 Å². The van der Waals surface area contributed by atoms with Gasteiger partial charge in [-0.2, -0.15) is 15.0 Å². The SMILES string of the molecule is Cc1ccccc1Sc1nc(Cl)nc(-n2ccnc2)n1. The minimum atomic E-state index is 0.166. The summed E-state index contributed by atoms with van der Waals surface area (Å²) < 4.78 is 1.69. The fourth-order valence-corrected chi connectivity index (χ4v) is 2.67. The molecule has 2 heterocycles. The number of halogens is 1. The molecule has 0 unspecified atom stereocenters. The minimum Gasteiger partial charge on any atom is -0.274 e. The summed E-state index contributed by atoms with van der Waals surface area (Å²) in [5, 5.41) is 0.725. The third kappa shape index (κ3) is 2.81.